The first-order valence-electron chi connectivity index (χ1n) is 14.5. The molecular weight excluding hydrogens is 482 g/mol. The summed E-state index contributed by atoms with van der Waals surface area (Å²) in [5.74, 6) is 0.578. The summed E-state index contributed by atoms with van der Waals surface area (Å²) >= 11 is 0. The minimum absolute atomic E-state index is 0.00756. The van der Waals surface area contributed by atoms with Gasteiger partial charge < -0.3 is 14.1 Å². The Balaban J connectivity index is 1.75. The second-order valence-corrected chi connectivity index (χ2v) is 12.0. The van der Waals surface area contributed by atoms with Gasteiger partial charge in [-0.15, -0.1) is 0 Å². The second kappa shape index (κ2) is 11.0. The SMILES string of the molecule is CCCCN(CCCC)c1ccc2c3c(oc2c1)C(OCC(C)(C)C)(c1ccccc1)c1ccccc1C3=O. The molecule has 0 N–H and O–H groups in total. The van der Waals surface area contributed by atoms with E-state index in [4.69, 9.17) is 9.15 Å². The molecule has 1 aliphatic carbocycles. The Morgan fingerprint density at radius 1 is 0.872 bits per heavy atom. The number of fused-ring (bicyclic) bond motifs is 4. The van der Waals surface area contributed by atoms with Crippen LogP contribution in [0.1, 0.15) is 93.1 Å². The zero-order chi connectivity index (χ0) is 27.6. The summed E-state index contributed by atoms with van der Waals surface area (Å²) in [5, 5.41) is 0.846. The van der Waals surface area contributed by atoms with Crippen molar-refractivity contribution in [2.75, 3.05) is 24.6 Å². The van der Waals surface area contributed by atoms with E-state index < -0.39 is 5.60 Å². The molecule has 4 aromatic rings. The third-order valence-corrected chi connectivity index (χ3v) is 7.60. The molecule has 204 valence electrons. The molecule has 0 fully saturated rings. The molecule has 1 unspecified atom stereocenters. The number of ketones is 1. The number of unbranched alkanes of at least 4 members (excludes halogenated alkanes) is 2. The first kappa shape index (κ1) is 27.2. The van der Waals surface area contributed by atoms with Gasteiger partial charge in [-0.1, -0.05) is 102 Å². The van der Waals surface area contributed by atoms with Gasteiger partial charge in [-0.3, -0.25) is 4.79 Å². The number of hydrogen-bond donors (Lipinski definition) is 0. The highest BCUT2D eigenvalue weighted by molar-refractivity contribution is 6.19. The van der Waals surface area contributed by atoms with Gasteiger partial charge in [0, 0.05) is 41.4 Å². The Hall–Kier alpha value is -3.37. The Kier molecular flexibility index (Phi) is 7.68. The fourth-order valence-electron chi connectivity index (χ4n) is 5.58. The van der Waals surface area contributed by atoms with E-state index in [1.165, 1.54) is 0 Å². The van der Waals surface area contributed by atoms with Crippen molar-refractivity contribution in [2.24, 2.45) is 5.41 Å². The minimum Gasteiger partial charge on any atom is -0.456 e. The van der Waals surface area contributed by atoms with Crippen LogP contribution in [0.5, 0.6) is 0 Å². The summed E-state index contributed by atoms with van der Waals surface area (Å²) in [6, 6.07) is 24.4. The van der Waals surface area contributed by atoms with Gasteiger partial charge in [0.05, 0.1) is 12.2 Å². The number of ether oxygens (including phenoxy) is 1. The van der Waals surface area contributed by atoms with E-state index in [0.29, 0.717) is 23.5 Å². The topological polar surface area (TPSA) is 42.7 Å². The summed E-state index contributed by atoms with van der Waals surface area (Å²) in [6.45, 7) is 13.5. The maximum atomic E-state index is 14.1. The number of hydrogen-bond acceptors (Lipinski definition) is 4. The summed E-state index contributed by atoms with van der Waals surface area (Å²) in [7, 11) is 0. The van der Waals surface area contributed by atoms with E-state index in [0.717, 1.165) is 66.6 Å². The van der Waals surface area contributed by atoms with Gasteiger partial charge in [-0.05, 0) is 36.0 Å². The highest BCUT2D eigenvalue weighted by atomic mass is 16.5. The zero-order valence-corrected chi connectivity index (χ0v) is 24.0. The van der Waals surface area contributed by atoms with Crippen LogP contribution >= 0.6 is 0 Å². The Morgan fingerprint density at radius 3 is 2.21 bits per heavy atom. The van der Waals surface area contributed by atoms with E-state index in [1.54, 1.807) is 0 Å². The van der Waals surface area contributed by atoms with Crippen molar-refractivity contribution >= 4 is 22.4 Å². The van der Waals surface area contributed by atoms with Gasteiger partial charge in [0.25, 0.3) is 0 Å². The predicted molar refractivity (Wildman–Crippen MR) is 160 cm³/mol. The first-order chi connectivity index (χ1) is 18.8. The highest BCUT2D eigenvalue weighted by Crippen LogP contribution is 2.51. The van der Waals surface area contributed by atoms with Crippen LogP contribution in [0.2, 0.25) is 0 Å². The first-order valence-corrected chi connectivity index (χ1v) is 14.5. The predicted octanol–water partition coefficient (Wildman–Crippen LogP) is 8.74. The van der Waals surface area contributed by atoms with Crippen LogP contribution < -0.4 is 4.90 Å². The zero-order valence-electron chi connectivity index (χ0n) is 24.0. The Labute approximate surface area is 233 Å². The maximum Gasteiger partial charge on any atom is 0.197 e. The number of anilines is 1. The molecule has 0 bridgehead atoms. The van der Waals surface area contributed by atoms with Gasteiger partial charge in [-0.2, -0.15) is 0 Å². The lowest BCUT2D eigenvalue weighted by Crippen LogP contribution is -2.40. The summed E-state index contributed by atoms with van der Waals surface area (Å²) < 4.78 is 13.8. The highest BCUT2D eigenvalue weighted by Gasteiger charge is 2.50. The quantitative estimate of drug-likeness (QED) is 0.208. The second-order valence-electron chi connectivity index (χ2n) is 12.0. The van der Waals surface area contributed by atoms with Crippen LogP contribution in [-0.4, -0.2) is 25.5 Å². The van der Waals surface area contributed by atoms with Crippen LogP contribution in [0, 0.1) is 5.41 Å². The van der Waals surface area contributed by atoms with E-state index in [9.17, 15) is 4.79 Å². The van der Waals surface area contributed by atoms with Crippen LogP contribution in [0.3, 0.4) is 0 Å². The van der Waals surface area contributed by atoms with Gasteiger partial charge in [0.2, 0.25) is 0 Å². The molecule has 0 aliphatic heterocycles. The number of carbonyl (C=O) groups excluding carboxylic acids is 1. The maximum absolute atomic E-state index is 14.1. The van der Waals surface area contributed by atoms with Crippen LogP contribution in [-0.2, 0) is 10.3 Å². The average molecular weight is 524 g/mol. The molecule has 3 aromatic carbocycles. The average Bonchev–Trinajstić information content (AvgIpc) is 3.33. The number of furan rings is 1. The van der Waals surface area contributed by atoms with Gasteiger partial charge in [0.15, 0.2) is 17.1 Å². The fraction of sp³-hybridized carbons (Fsp3) is 0.400. The summed E-state index contributed by atoms with van der Waals surface area (Å²) in [6.07, 6.45) is 4.58. The van der Waals surface area contributed by atoms with Gasteiger partial charge >= 0.3 is 0 Å². The standard InChI is InChI=1S/C35H41NO3/c1-6-8-21-36(22-9-7-2)26-19-20-28-30(23-26)39-33-31(28)32(37)27-17-13-14-18-29(27)35(33,38-24-34(3,4)5)25-15-11-10-12-16-25/h10-20,23H,6-9,21-22,24H2,1-5H3. The molecule has 4 nitrogen and oxygen atoms in total. The van der Waals surface area contributed by atoms with Gasteiger partial charge in [-0.25, -0.2) is 0 Å². The number of rotatable bonds is 10. The largest absolute Gasteiger partial charge is 0.456 e. The molecule has 1 aromatic heterocycles. The number of carbonyl (C=O) groups is 1. The van der Waals surface area contributed by atoms with Crippen molar-refractivity contribution in [3.63, 3.8) is 0 Å². The molecule has 39 heavy (non-hydrogen) atoms. The summed E-state index contributed by atoms with van der Waals surface area (Å²) in [5.41, 5.74) is 3.84. The van der Waals surface area contributed by atoms with Crippen molar-refractivity contribution in [2.45, 2.75) is 65.9 Å². The Morgan fingerprint density at radius 2 is 1.54 bits per heavy atom. The molecular formula is C35H41NO3. The number of nitrogens with zero attached hydrogens (tertiary/aromatic N) is 1. The monoisotopic (exact) mass is 523 g/mol. The molecule has 0 spiro atoms. The molecule has 5 rings (SSSR count). The lowest BCUT2D eigenvalue weighted by molar-refractivity contribution is -0.0383. The van der Waals surface area contributed by atoms with E-state index in [1.807, 2.05) is 42.5 Å². The molecule has 0 saturated carbocycles. The molecule has 0 radical (unpaired) electrons. The summed E-state index contributed by atoms with van der Waals surface area (Å²) in [4.78, 5) is 16.5. The van der Waals surface area contributed by atoms with Gasteiger partial charge in [0.1, 0.15) is 5.58 Å². The van der Waals surface area contributed by atoms with Crippen molar-refractivity contribution in [1.29, 1.82) is 0 Å². The van der Waals surface area contributed by atoms with Crippen LogP contribution in [0.15, 0.2) is 77.2 Å². The minimum atomic E-state index is -1.03. The molecule has 0 saturated heterocycles. The lowest BCUT2D eigenvalue weighted by Gasteiger charge is -2.39. The fourth-order valence-corrected chi connectivity index (χ4v) is 5.58. The smallest absolute Gasteiger partial charge is 0.197 e. The Bertz CT molecular complexity index is 1440. The third-order valence-electron chi connectivity index (χ3n) is 7.60. The van der Waals surface area contributed by atoms with Crippen molar-refractivity contribution in [3.05, 3.63) is 101 Å². The van der Waals surface area contributed by atoms with Crippen LogP contribution in [0.25, 0.3) is 11.0 Å². The number of benzene rings is 3. The lowest BCUT2D eigenvalue weighted by atomic mass is 9.73. The molecule has 1 atom stereocenters. The van der Waals surface area contributed by atoms with E-state index >= 15 is 0 Å². The van der Waals surface area contributed by atoms with Crippen molar-refractivity contribution in [3.8, 4) is 0 Å². The molecule has 0 amide bonds. The molecule has 1 aliphatic rings. The van der Waals surface area contributed by atoms with E-state index in [2.05, 4.69) is 69.9 Å². The molecule has 4 heteroatoms. The normalized spacial score (nSPS) is 16.8. The van der Waals surface area contributed by atoms with Crippen LogP contribution in [0.4, 0.5) is 5.69 Å². The van der Waals surface area contributed by atoms with E-state index in [-0.39, 0.29) is 11.2 Å². The molecule has 1 heterocycles. The third kappa shape index (κ3) is 5.03. The van der Waals surface area contributed by atoms with Crippen molar-refractivity contribution in [1.82, 2.24) is 0 Å². The van der Waals surface area contributed by atoms with Crippen molar-refractivity contribution < 1.29 is 13.9 Å².